The van der Waals surface area contributed by atoms with Gasteiger partial charge >= 0.3 is 5.97 Å². The molecule has 1 aromatic rings. The van der Waals surface area contributed by atoms with Gasteiger partial charge in [0.15, 0.2) is 0 Å². The van der Waals surface area contributed by atoms with Crippen molar-refractivity contribution in [3.8, 4) is 0 Å². The average molecular weight is 214 g/mol. The highest BCUT2D eigenvalue weighted by atomic mass is 35.5. The molecule has 0 N–H and O–H groups in total. The van der Waals surface area contributed by atoms with Crippen LogP contribution in [-0.2, 0) is 11.2 Å². The first-order valence-electron chi connectivity index (χ1n) is 4.51. The molecule has 0 aromatic carbocycles. The summed E-state index contributed by atoms with van der Waals surface area (Å²) in [5.74, 6) is -0.339. The molecule has 0 amide bonds. The lowest BCUT2D eigenvalue weighted by atomic mass is 10.1. The number of rotatable bonds is 3. The van der Waals surface area contributed by atoms with Gasteiger partial charge in [0.05, 0.1) is 17.9 Å². The van der Waals surface area contributed by atoms with E-state index in [1.165, 1.54) is 0 Å². The summed E-state index contributed by atoms with van der Waals surface area (Å²) in [5, 5.41) is 0.398. The van der Waals surface area contributed by atoms with E-state index in [1.807, 2.05) is 6.92 Å². The number of carbonyl (C=O) groups is 1. The Balaban J connectivity index is 3.01. The van der Waals surface area contributed by atoms with Gasteiger partial charge in [0.2, 0.25) is 0 Å². The van der Waals surface area contributed by atoms with Crippen LogP contribution < -0.4 is 0 Å². The second kappa shape index (κ2) is 4.96. The van der Waals surface area contributed by atoms with Gasteiger partial charge in [0.25, 0.3) is 0 Å². The van der Waals surface area contributed by atoms with Crippen LogP contribution in [-0.4, -0.2) is 17.6 Å². The van der Waals surface area contributed by atoms with Gasteiger partial charge in [-0.2, -0.15) is 0 Å². The number of nitrogens with zero attached hydrogens (tertiary/aromatic N) is 1. The Hall–Kier alpha value is -1.09. The largest absolute Gasteiger partial charge is 0.462 e. The quantitative estimate of drug-likeness (QED) is 0.572. The second-order valence-electron chi connectivity index (χ2n) is 2.70. The summed E-state index contributed by atoms with van der Waals surface area (Å²) in [6.07, 6.45) is 0.661. The van der Waals surface area contributed by atoms with Crippen molar-refractivity contribution in [2.24, 2.45) is 0 Å². The fraction of sp³-hybridized carbons (Fsp3) is 0.400. The van der Waals surface area contributed by atoms with Crippen LogP contribution in [0.2, 0.25) is 5.15 Å². The lowest BCUT2D eigenvalue weighted by Gasteiger charge is -2.06. The maximum Gasteiger partial charge on any atom is 0.339 e. The van der Waals surface area contributed by atoms with E-state index in [0.29, 0.717) is 29.4 Å². The number of aromatic nitrogens is 1. The van der Waals surface area contributed by atoms with Crippen LogP contribution in [0.25, 0.3) is 0 Å². The third-order valence-electron chi connectivity index (χ3n) is 1.77. The van der Waals surface area contributed by atoms with Crippen LogP contribution in [0.4, 0.5) is 0 Å². The molecule has 0 aliphatic rings. The summed E-state index contributed by atoms with van der Waals surface area (Å²) >= 11 is 5.71. The van der Waals surface area contributed by atoms with Crippen LogP contribution in [0.1, 0.15) is 29.9 Å². The van der Waals surface area contributed by atoms with Crippen LogP contribution >= 0.6 is 11.6 Å². The third kappa shape index (κ3) is 2.45. The number of esters is 1. The molecule has 0 spiro atoms. The molecule has 14 heavy (non-hydrogen) atoms. The van der Waals surface area contributed by atoms with E-state index >= 15 is 0 Å². The Morgan fingerprint density at radius 3 is 2.79 bits per heavy atom. The summed E-state index contributed by atoms with van der Waals surface area (Å²) in [6.45, 7) is 4.05. The van der Waals surface area contributed by atoms with E-state index < -0.39 is 0 Å². The summed E-state index contributed by atoms with van der Waals surface area (Å²) in [7, 11) is 0. The SMILES string of the molecule is CCOC(=O)c1ccc(Cl)nc1CC. The molecule has 0 saturated carbocycles. The predicted octanol–water partition coefficient (Wildman–Crippen LogP) is 2.47. The zero-order chi connectivity index (χ0) is 10.6. The van der Waals surface area contributed by atoms with Gasteiger partial charge < -0.3 is 4.74 Å². The molecule has 0 bridgehead atoms. The highest BCUT2D eigenvalue weighted by molar-refractivity contribution is 6.29. The normalized spacial score (nSPS) is 9.93. The Labute approximate surface area is 88.1 Å². The molecule has 1 rings (SSSR count). The van der Waals surface area contributed by atoms with Crippen LogP contribution in [0, 0.1) is 0 Å². The van der Waals surface area contributed by atoms with E-state index in [-0.39, 0.29) is 5.97 Å². The molecule has 76 valence electrons. The van der Waals surface area contributed by atoms with Crippen molar-refractivity contribution in [3.63, 3.8) is 0 Å². The van der Waals surface area contributed by atoms with E-state index in [4.69, 9.17) is 16.3 Å². The summed E-state index contributed by atoms with van der Waals surface area (Å²) in [5.41, 5.74) is 1.18. The molecule has 0 aliphatic carbocycles. The maximum absolute atomic E-state index is 11.4. The van der Waals surface area contributed by atoms with Gasteiger partial charge in [0, 0.05) is 0 Å². The lowest BCUT2D eigenvalue weighted by Crippen LogP contribution is -2.09. The first-order chi connectivity index (χ1) is 6.69. The zero-order valence-corrected chi connectivity index (χ0v) is 8.97. The van der Waals surface area contributed by atoms with Crippen molar-refractivity contribution in [2.45, 2.75) is 20.3 Å². The zero-order valence-electron chi connectivity index (χ0n) is 8.21. The number of halogens is 1. The molecule has 0 aliphatic heterocycles. The molecule has 1 aromatic heterocycles. The number of pyridine rings is 1. The van der Waals surface area contributed by atoms with Crippen molar-refractivity contribution in [1.82, 2.24) is 4.98 Å². The smallest absolute Gasteiger partial charge is 0.339 e. The fourth-order valence-electron chi connectivity index (χ4n) is 1.14. The van der Waals surface area contributed by atoms with Crippen LogP contribution in [0.5, 0.6) is 0 Å². The third-order valence-corrected chi connectivity index (χ3v) is 1.98. The van der Waals surface area contributed by atoms with Gasteiger partial charge in [-0.1, -0.05) is 18.5 Å². The van der Waals surface area contributed by atoms with Gasteiger partial charge in [-0.15, -0.1) is 0 Å². The van der Waals surface area contributed by atoms with E-state index in [9.17, 15) is 4.79 Å². The molecule has 0 fully saturated rings. The molecule has 0 saturated heterocycles. The fourth-order valence-corrected chi connectivity index (χ4v) is 1.30. The molecular formula is C10H12ClNO2. The minimum absolute atomic E-state index is 0.339. The average Bonchev–Trinajstić information content (AvgIpc) is 2.17. The van der Waals surface area contributed by atoms with E-state index in [1.54, 1.807) is 19.1 Å². The Kier molecular flexibility index (Phi) is 3.89. The second-order valence-corrected chi connectivity index (χ2v) is 3.09. The summed E-state index contributed by atoms with van der Waals surface area (Å²) < 4.78 is 4.89. The Bertz CT molecular complexity index is 339. The topological polar surface area (TPSA) is 39.2 Å². The van der Waals surface area contributed by atoms with Crippen molar-refractivity contribution in [3.05, 3.63) is 28.5 Å². The van der Waals surface area contributed by atoms with E-state index in [2.05, 4.69) is 4.98 Å². The van der Waals surface area contributed by atoms with Gasteiger partial charge in [-0.05, 0) is 25.5 Å². The molecular weight excluding hydrogens is 202 g/mol. The summed E-state index contributed by atoms with van der Waals surface area (Å²) in [4.78, 5) is 15.5. The first kappa shape index (κ1) is 11.0. The first-order valence-corrected chi connectivity index (χ1v) is 4.89. The molecule has 3 nitrogen and oxygen atoms in total. The molecule has 0 atom stereocenters. The van der Waals surface area contributed by atoms with E-state index in [0.717, 1.165) is 0 Å². The molecule has 4 heteroatoms. The number of ether oxygens (including phenoxy) is 1. The maximum atomic E-state index is 11.4. The number of hydrogen-bond acceptors (Lipinski definition) is 3. The minimum Gasteiger partial charge on any atom is -0.462 e. The highest BCUT2D eigenvalue weighted by Crippen LogP contribution is 2.13. The lowest BCUT2D eigenvalue weighted by molar-refractivity contribution is 0.0524. The summed E-state index contributed by atoms with van der Waals surface area (Å²) in [6, 6.07) is 3.24. The van der Waals surface area contributed by atoms with Crippen molar-refractivity contribution in [1.29, 1.82) is 0 Å². The van der Waals surface area contributed by atoms with Crippen molar-refractivity contribution < 1.29 is 9.53 Å². The van der Waals surface area contributed by atoms with Gasteiger partial charge in [-0.3, -0.25) is 0 Å². The van der Waals surface area contributed by atoms with Gasteiger partial charge in [0.1, 0.15) is 5.15 Å². The Morgan fingerprint density at radius 1 is 1.50 bits per heavy atom. The van der Waals surface area contributed by atoms with Gasteiger partial charge in [-0.25, -0.2) is 9.78 Å². The number of hydrogen-bond donors (Lipinski definition) is 0. The number of aryl methyl sites for hydroxylation is 1. The number of carbonyl (C=O) groups excluding carboxylic acids is 1. The van der Waals surface area contributed by atoms with Crippen molar-refractivity contribution >= 4 is 17.6 Å². The Morgan fingerprint density at radius 2 is 2.21 bits per heavy atom. The molecule has 0 radical (unpaired) electrons. The highest BCUT2D eigenvalue weighted by Gasteiger charge is 2.12. The standard InChI is InChI=1S/C10H12ClNO2/c1-3-8-7(10(13)14-4-2)5-6-9(11)12-8/h5-6H,3-4H2,1-2H3. The molecule has 1 heterocycles. The van der Waals surface area contributed by atoms with Crippen LogP contribution in [0.15, 0.2) is 12.1 Å². The predicted molar refractivity (Wildman–Crippen MR) is 54.6 cm³/mol. The molecule has 0 unspecified atom stereocenters. The monoisotopic (exact) mass is 213 g/mol. The minimum atomic E-state index is -0.339. The van der Waals surface area contributed by atoms with Crippen molar-refractivity contribution in [2.75, 3.05) is 6.61 Å². The van der Waals surface area contributed by atoms with Crippen LogP contribution in [0.3, 0.4) is 0 Å².